The Hall–Kier alpha value is -2.44. The van der Waals surface area contributed by atoms with Gasteiger partial charge in [0.05, 0.1) is 11.2 Å². The van der Waals surface area contributed by atoms with Crippen molar-refractivity contribution in [2.45, 2.75) is 13.0 Å². The van der Waals surface area contributed by atoms with Gasteiger partial charge in [0.25, 0.3) is 5.91 Å². The second-order valence-electron chi connectivity index (χ2n) is 5.18. The van der Waals surface area contributed by atoms with E-state index in [2.05, 4.69) is 10.5 Å². The number of amides is 1. The van der Waals surface area contributed by atoms with Crippen LogP contribution in [0.4, 0.5) is 0 Å². The lowest BCUT2D eigenvalue weighted by atomic mass is 10.2. The lowest BCUT2D eigenvalue weighted by Crippen LogP contribution is -2.33. The third kappa shape index (κ3) is 4.35. The highest BCUT2D eigenvalue weighted by Gasteiger charge is 2.16. The van der Waals surface area contributed by atoms with Gasteiger partial charge in [0, 0.05) is 5.02 Å². The van der Waals surface area contributed by atoms with E-state index < -0.39 is 12.0 Å². The van der Waals surface area contributed by atoms with Gasteiger partial charge in [-0.25, -0.2) is 5.43 Å². The first-order valence-electron chi connectivity index (χ1n) is 7.37. The van der Waals surface area contributed by atoms with Crippen molar-refractivity contribution in [3.8, 4) is 17.2 Å². The number of carbonyl (C=O) groups excluding carboxylic acids is 1. The molecule has 25 heavy (non-hydrogen) atoms. The van der Waals surface area contributed by atoms with Crippen molar-refractivity contribution in [3.05, 3.63) is 52.0 Å². The summed E-state index contributed by atoms with van der Waals surface area (Å²) < 4.78 is 16.0. The molecule has 3 rings (SSSR count). The Kier molecular flexibility index (Phi) is 5.31. The predicted octanol–water partition coefficient (Wildman–Crippen LogP) is 3.64. The molecule has 1 aliphatic rings. The molecule has 1 heterocycles. The fraction of sp³-hybridized carbons (Fsp3) is 0.176. The van der Waals surface area contributed by atoms with Crippen LogP contribution in [-0.4, -0.2) is 25.0 Å². The van der Waals surface area contributed by atoms with Crippen molar-refractivity contribution in [2.24, 2.45) is 5.10 Å². The normalized spacial score (nSPS) is 13.7. The quantitative estimate of drug-likeness (QED) is 0.634. The highest BCUT2D eigenvalue weighted by atomic mass is 35.5. The van der Waals surface area contributed by atoms with Gasteiger partial charge in [-0.15, -0.1) is 0 Å². The van der Waals surface area contributed by atoms with Crippen LogP contribution in [0.5, 0.6) is 17.2 Å². The molecule has 0 radical (unpaired) electrons. The molecule has 1 atom stereocenters. The Labute approximate surface area is 154 Å². The number of benzene rings is 2. The zero-order valence-electron chi connectivity index (χ0n) is 13.2. The standard InChI is InChI=1S/C17H14Cl2N2O4/c1-10(25-14-5-3-12(18)7-13(14)19)17(22)21-20-8-11-2-4-15-16(6-11)24-9-23-15/h2-8,10H,9H2,1H3,(H,21,22)/b20-8+. The number of carbonyl (C=O) groups is 1. The first-order chi connectivity index (χ1) is 12.0. The van der Waals surface area contributed by atoms with E-state index in [-0.39, 0.29) is 6.79 Å². The minimum atomic E-state index is -0.785. The van der Waals surface area contributed by atoms with Crippen LogP contribution in [0.1, 0.15) is 12.5 Å². The highest BCUT2D eigenvalue weighted by molar-refractivity contribution is 6.35. The van der Waals surface area contributed by atoms with Crippen LogP contribution in [0, 0.1) is 0 Å². The van der Waals surface area contributed by atoms with Gasteiger partial charge in [-0.1, -0.05) is 23.2 Å². The Morgan fingerprint density at radius 1 is 1.24 bits per heavy atom. The van der Waals surface area contributed by atoms with Gasteiger partial charge in [-0.2, -0.15) is 5.10 Å². The number of fused-ring (bicyclic) bond motifs is 1. The average Bonchev–Trinajstić information content (AvgIpc) is 3.05. The summed E-state index contributed by atoms with van der Waals surface area (Å²) in [6, 6.07) is 10.1. The summed E-state index contributed by atoms with van der Waals surface area (Å²) >= 11 is 11.8. The molecule has 0 saturated carbocycles. The van der Waals surface area contributed by atoms with Crippen LogP contribution in [0.25, 0.3) is 0 Å². The molecule has 0 spiro atoms. The zero-order chi connectivity index (χ0) is 17.8. The molecule has 1 unspecified atom stereocenters. The van der Waals surface area contributed by atoms with E-state index in [9.17, 15) is 4.79 Å². The van der Waals surface area contributed by atoms with Gasteiger partial charge in [-0.05, 0) is 48.9 Å². The number of halogens is 2. The van der Waals surface area contributed by atoms with E-state index in [1.165, 1.54) is 6.21 Å². The van der Waals surface area contributed by atoms with Crippen molar-refractivity contribution < 1.29 is 19.0 Å². The second kappa shape index (κ2) is 7.63. The summed E-state index contributed by atoms with van der Waals surface area (Å²) in [5.41, 5.74) is 3.18. The smallest absolute Gasteiger partial charge is 0.280 e. The van der Waals surface area contributed by atoms with E-state index in [0.717, 1.165) is 5.56 Å². The molecule has 0 aromatic heterocycles. The number of rotatable bonds is 5. The SMILES string of the molecule is CC(Oc1ccc(Cl)cc1Cl)C(=O)N/N=C/c1ccc2c(c1)OCO2. The molecule has 0 saturated heterocycles. The number of nitrogens with zero attached hydrogens (tertiary/aromatic N) is 1. The molecule has 1 aliphatic heterocycles. The minimum absolute atomic E-state index is 0.203. The Balaban J connectivity index is 1.56. The Bertz CT molecular complexity index is 826. The summed E-state index contributed by atoms with van der Waals surface area (Å²) in [4.78, 5) is 12.0. The average molecular weight is 381 g/mol. The van der Waals surface area contributed by atoms with Crippen molar-refractivity contribution in [2.75, 3.05) is 6.79 Å². The third-order valence-electron chi connectivity index (χ3n) is 3.35. The summed E-state index contributed by atoms with van der Waals surface area (Å²) in [6.07, 6.45) is 0.717. The number of ether oxygens (including phenoxy) is 3. The molecule has 1 amide bonds. The van der Waals surface area contributed by atoms with Crippen molar-refractivity contribution >= 4 is 35.3 Å². The largest absolute Gasteiger partial charge is 0.479 e. The van der Waals surface area contributed by atoms with Gasteiger partial charge >= 0.3 is 0 Å². The van der Waals surface area contributed by atoms with E-state index in [1.807, 2.05) is 0 Å². The summed E-state index contributed by atoms with van der Waals surface area (Å²) in [6.45, 7) is 1.80. The van der Waals surface area contributed by atoms with Crippen LogP contribution < -0.4 is 19.6 Å². The van der Waals surface area contributed by atoms with Crippen LogP contribution in [-0.2, 0) is 4.79 Å². The molecule has 130 valence electrons. The minimum Gasteiger partial charge on any atom is -0.479 e. The monoisotopic (exact) mass is 380 g/mol. The molecule has 0 bridgehead atoms. The summed E-state index contributed by atoms with van der Waals surface area (Å²) in [7, 11) is 0. The van der Waals surface area contributed by atoms with Crippen LogP contribution in [0.15, 0.2) is 41.5 Å². The van der Waals surface area contributed by atoms with Gasteiger partial charge in [0.2, 0.25) is 6.79 Å². The summed E-state index contributed by atoms with van der Waals surface area (Å²) in [5, 5.41) is 4.73. The maximum atomic E-state index is 12.0. The number of hydrogen-bond donors (Lipinski definition) is 1. The number of hydrazone groups is 1. The summed E-state index contributed by atoms with van der Waals surface area (Å²) in [5.74, 6) is 1.28. The molecule has 6 nitrogen and oxygen atoms in total. The van der Waals surface area contributed by atoms with E-state index in [1.54, 1.807) is 43.3 Å². The molecule has 0 fully saturated rings. The fourth-order valence-electron chi connectivity index (χ4n) is 2.07. The van der Waals surface area contributed by atoms with E-state index >= 15 is 0 Å². The lowest BCUT2D eigenvalue weighted by molar-refractivity contribution is -0.127. The van der Waals surface area contributed by atoms with Gasteiger partial charge in [0.15, 0.2) is 17.6 Å². The van der Waals surface area contributed by atoms with Crippen molar-refractivity contribution in [1.29, 1.82) is 0 Å². The van der Waals surface area contributed by atoms with Crippen LogP contribution in [0.3, 0.4) is 0 Å². The molecular formula is C17H14Cl2N2O4. The Morgan fingerprint density at radius 2 is 2.04 bits per heavy atom. The Morgan fingerprint density at radius 3 is 2.84 bits per heavy atom. The van der Waals surface area contributed by atoms with Crippen LogP contribution in [0.2, 0.25) is 10.0 Å². The maximum Gasteiger partial charge on any atom is 0.280 e. The number of nitrogens with one attached hydrogen (secondary N) is 1. The molecule has 2 aromatic rings. The second-order valence-corrected chi connectivity index (χ2v) is 6.03. The van der Waals surface area contributed by atoms with Crippen molar-refractivity contribution in [3.63, 3.8) is 0 Å². The van der Waals surface area contributed by atoms with E-state index in [4.69, 9.17) is 37.4 Å². The first kappa shape index (κ1) is 17.4. The molecule has 1 N–H and O–H groups in total. The highest BCUT2D eigenvalue weighted by Crippen LogP contribution is 2.32. The zero-order valence-corrected chi connectivity index (χ0v) is 14.7. The van der Waals surface area contributed by atoms with Crippen molar-refractivity contribution in [1.82, 2.24) is 5.43 Å². The lowest BCUT2D eigenvalue weighted by Gasteiger charge is -2.14. The number of hydrogen-bond acceptors (Lipinski definition) is 5. The topological polar surface area (TPSA) is 69.2 Å². The molecule has 2 aromatic carbocycles. The molecule has 0 aliphatic carbocycles. The maximum absolute atomic E-state index is 12.0. The molecular weight excluding hydrogens is 367 g/mol. The van der Waals surface area contributed by atoms with Gasteiger partial charge < -0.3 is 14.2 Å². The first-order valence-corrected chi connectivity index (χ1v) is 8.13. The van der Waals surface area contributed by atoms with Gasteiger partial charge in [-0.3, -0.25) is 4.79 Å². The predicted molar refractivity (Wildman–Crippen MR) is 94.9 cm³/mol. The van der Waals surface area contributed by atoms with Crippen LogP contribution >= 0.6 is 23.2 Å². The fourth-order valence-corrected chi connectivity index (χ4v) is 2.52. The van der Waals surface area contributed by atoms with E-state index in [0.29, 0.717) is 27.3 Å². The molecule has 8 heteroatoms. The third-order valence-corrected chi connectivity index (χ3v) is 3.88. The van der Waals surface area contributed by atoms with Gasteiger partial charge in [0.1, 0.15) is 5.75 Å².